The van der Waals surface area contributed by atoms with Crippen molar-refractivity contribution in [2.75, 3.05) is 6.54 Å². The minimum absolute atomic E-state index is 0.0688. The summed E-state index contributed by atoms with van der Waals surface area (Å²) in [6.07, 6.45) is 3.65. The zero-order valence-electron chi connectivity index (χ0n) is 13.6. The van der Waals surface area contributed by atoms with E-state index in [0.717, 1.165) is 25.7 Å². The molecule has 1 aliphatic rings. The first-order valence-electron chi connectivity index (χ1n) is 8.33. The summed E-state index contributed by atoms with van der Waals surface area (Å²) in [6, 6.07) is 10.2. The smallest absolute Gasteiger partial charge is 0.315 e. The first kappa shape index (κ1) is 16.8. The Balaban J connectivity index is 1.74. The first-order valence-corrected chi connectivity index (χ1v) is 8.33. The predicted molar refractivity (Wildman–Crippen MR) is 88.8 cm³/mol. The van der Waals surface area contributed by atoms with Crippen LogP contribution in [0, 0.1) is 5.92 Å². The fourth-order valence-corrected chi connectivity index (χ4v) is 3.11. The highest BCUT2D eigenvalue weighted by Crippen LogP contribution is 2.23. The Morgan fingerprint density at radius 2 is 2.00 bits per heavy atom. The molecule has 0 radical (unpaired) electrons. The van der Waals surface area contributed by atoms with E-state index in [4.69, 9.17) is 0 Å². The molecule has 0 heterocycles. The number of hydrogen-bond acceptors (Lipinski definition) is 2. The summed E-state index contributed by atoms with van der Waals surface area (Å²) in [5.74, 6) is 0.666. The molecule has 122 valence electrons. The Labute approximate surface area is 133 Å². The van der Waals surface area contributed by atoms with E-state index < -0.39 is 0 Å². The van der Waals surface area contributed by atoms with Crippen LogP contribution in [0.2, 0.25) is 0 Å². The van der Waals surface area contributed by atoms with Gasteiger partial charge in [0.05, 0.1) is 6.10 Å². The Morgan fingerprint density at radius 3 is 2.68 bits per heavy atom. The molecule has 1 aliphatic carbocycles. The average molecular weight is 304 g/mol. The molecule has 1 fully saturated rings. The van der Waals surface area contributed by atoms with Gasteiger partial charge in [0.25, 0.3) is 0 Å². The molecule has 0 spiro atoms. The quantitative estimate of drug-likeness (QED) is 0.783. The minimum Gasteiger partial charge on any atom is -0.393 e. The Morgan fingerprint density at radius 1 is 1.27 bits per heavy atom. The molecule has 1 saturated carbocycles. The van der Waals surface area contributed by atoms with Crippen molar-refractivity contribution in [3.8, 4) is 0 Å². The third kappa shape index (κ3) is 5.02. The molecule has 2 amide bonds. The van der Waals surface area contributed by atoms with E-state index in [2.05, 4.69) is 29.7 Å². The second kappa shape index (κ2) is 8.18. The lowest BCUT2D eigenvalue weighted by molar-refractivity contribution is 0.101. The highest BCUT2D eigenvalue weighted by molar-refractivity contribution is 5.74. The monoisotopic (exact) mass is 304 g/mol. The van der Waals surface area contributed by atoms with Gasteiger partial charge in [-0.15, -0.1) is 0 Å². The number of carbonyl (C=O) groups excluding carboxylic acids is 1. The lowest BCUT2D eigenvalue weighted by Crippen LogP contribution is -2.44. The summed E-state index contributed by atoms with van der Waals surface area (Å²) in [4.78, 5) is 12.0. The predicted octanol–water partition coefficient (Wildman–Crippen LogP) is 3.03. The maximum Gasteiger partial charge on any atom is 0.315 e. The van der Waals surface area contributed by atoms with Crippen molar-refractivity contribution >= 4 is 6.03 Å². The number of rotatable bonds is 5. The van der Waals surface area contributed by atoms with Crippen LogP contribution < -0.4 is 10.6 Å². The van der Waals surface area contributed by atoms with Gasteiger partial charge in [0.1, 0.15) is 0 Å². The third-order valence-electron chi connectivity index (χ3n) is 4.74. The van der Waals surface area contributed by atoms with Gasteiger partial charge in [0.2, 0.25) is 0 Å². The summed E-state index contributed by atoms with van der Waals surface area (Å²) < 4.78 is 0. The summed E-state index contributed by atoms with van der Waals surface area (Å²) in [5.41, 5.74) is 1.23. The van der Waals surface area contributed by atoms with Gasteiger partial charge >= 0.3 is 6.03 Å². The summed E-state index contributed by atoms with van der Waals surface area (Å²) in [7, 11) is 0. The molecule has 4 heteroatoms. The van der Waals surface area contributed by atoms with Crippen molar-refractivity contribution < 1.29 is 9.90 Å². The largest absolute Gasteiger partial charge is 0.393 e. The summed E-state index contributed by atoms with van der Waals surface area (Å²) in [5, 5.41) is 15.6. The third-order valence-corrected chi connectivity index (χ3v) is 4.74. The van der Waals surface area contributed by atoms with Crippen molar-refractivity contribution in [2.45, 2.75) is 57.6 Å². The van der Waals surface area contributed by atoms with Gasteiger partial charge in [0, 0.05) is 18.5 Å². The summed E-state index contributed by atoms with van der Waals surface area (Å²) in [6.45, 7) is 4.80. The highest BCUT2D eigenvalue weighted by atomic mass is 16.3. The zero-order chi connectivity index (χ0) is 15.9. The Hall–Kier alpha value is -1.55. The number of carbonyl (C=O) groups is 1. The van der Waals surface area contributed by atoms with E-state index in [-0.39, 0.29) is 24.1 Å². The van der Waals surface area contributed by atoms with Crippen LogP contribution in [-0.2, 0) is 0 Å². The van der Waals surface area contributed by atoms with Crippen LogP contribution in [0.5, 0.6) is 0 Å². The molecule has 1 aromatic carbocycles. The van der Waals surface area contributed by atoms with Crippen molar-refractivity contribution in [3.05, 3.63) is 35.9 Å². The lowest BCUT2D eigenvalue weighted by atomic mass is 9.87. The van der Waals surface area contributed by atoms with Crippen LogP contribution in [0.3, 0.4) is 0 Å². The molecule has 4 nitrogen and oxygen atoms in total. The van der Waals surface area contributed by atoms with Gasteiger partial charge in [-0.3, -0.25) is 0 Å². The molecule has 2 rings (SSSR count). The molecule has 4 atom stereocenters. The molecule has 0 saturated heterocycles. The maximum atomic E-state index is 12.0. The van der Waals surface area contributed by atoms with Crippen LogP contribution in [0.4, 0.5) is 4.79 Å². The Kier molecular flexibility index (Phi) is 6.25. The van der Waals surface area contributed by atoms with E-state index in [9.17, 15) is 9.90 Å². The van der Waals surface area contributed by atoms with Crippen LogP contribution in [0.25, 0.3) is 0 Å². The fourth-order valence-electron chi connectivity index (χ4n) is 3.11. The number of aliphatic hydroxyl groups excluding tert-OH is 1. The number of nitrogens with one attached hydrogen (secondary N) is 2. The zero-order valence-corrected chi connectivity index (χ0v) is 13.6. The van der Waals surface area contributed by atoms with Crippen LogP contribution in [0.15, 0.2) is 30.3 Å². The maximum absolute atomic E-state index is 12.0. The van der Waals surface area contributed by atoms with E-state index >= 15 is 0 Å². The molecule has 22 heavy (non-hydrogen) atoms. The number of hydrogen-bond donors (Lipinski definition) is 3. The molecule has 3 N–H and O–H groups in total. The number of aliphatic hydroxyl groups is 1. The molecular weight excluding hydrogens is 276 g/mol. The van der Waals surface area contributed by atoms with Gasteiger partial charge < -0.3 is 15.7 Å². The fraction of sp³-hybridized carbons (Fsp3) is 0.611. The number of amides is 2. The second-order valence-electron chi connectivity index (χ2n) is 6.53. The Bertz CT molecular complexity index is 463. The van der Waals surface area contributed by atoms with Crippen LogP contribution >= 0.6 is 0 Å². The van der Waals surface area contributed by atoms with Crippen molar-refractivity contribution in [1.29, 1.82) is 0 Å². The number of benzene rings is 1. The van der Waals surface area contributed by atoms with E-state index in [1.807, 2.05) is 25.1 Å². The molecule has 0 aromatic heterocycles. The van der Waals surface area contributed by atoms with E-state index in [0.29, 0.717) is 12.5 Å². The SMILES string of the molecule is CC(NC(=O)NCC1CCCC(O)C1)C(C)c1ccccc1. The van der Waals surface area contributed by atoms with E-state index in [1.54, 1.807) is 0 Å². The van der Waals surface area contributed by atoms with Crippen molar-refractivity contribution in [1.82, 2.24) is 10.6 Å². The van der Waals surface area contributed by atoms with Gasteiger partial charge in [-0.2, -0.15) is 0 Å². The molecule has 1 aromatic rings. The molecular formula is C18H28N2O2. The standard InChI is InChI=1S/C18H28N2O2/c1-13(16-8-4-3-5-9-16)14(2)20-18(22)19-12-15-7-6-10-17(21)11-15/h3-5,8-9,13-15,17,21H,6-7,10-12H2,1-2H3,(H2,19,20,22). The van der Waals surface area contributed by atoms with Crippen LogP contribution in [0.1, 0.15) is 51.0 Å². The minimum atomic E-state index is -0.194. The summed E-state index contributed by atoms with van der Waals surface area (Å²) >= 11 is 0. The molecule has 0 aliphatic heterocycles. The van der Waals surface area contributed by atoms with Crippen molar-refractivity contribution in [3.63, 3.8) is 0 Å². The highest BCUT2D eigenvalue weighted by Gasteiger charge is 2.21. The van der Waals surface area contributed by atoms with Crippen molar-refractivity contribution in [2.24, 2.45) is 5.92 Å². The second-order valence-corrected chi connectivity index (χ2v) is 6.53. The normalized spacial score (nSPS) is 24.3. The lowest BCUT2D eigenvalue weighted by Gasteiger charge is -2.27. The number of urea groups is 1. The van der Waals surface area contributed by atoms with Gasteiger partial charge in [-0.25, -0.2) is 4.79 Å². The van der Waals surface area contributed by atoms with Gasteiger partial charge in [-0.05, 0) is 37.7 Å². The molecule has 4 unspecified atom stereocenters. The average Bonchev–Trinajstić information content (AvgIpc) is 2.53. The van der Waals surface area contributed by atoms with Gasteiger partial charge in [0.15, 0.2) is 0 Å². The molecule has 0 bridgehead atoms. The van der Waals surface area contributed by atoms with Gasteiger partial charge in [-0.1, -0.05) is 43.7 Å². The first-order chi connectivity index (χ1) is 10.6. The van der Waals surface area contributed by atoms with Crippen LogP contribution in [-0.4, -0.2) is 29.8 Å². The topological polar surface area (TPSA) is 61.4 Å². The van der Waals surface area contributed by atoms with E-state index in [1.165, 1.54) is 5.56 Å².